The lowest BCUT2D eigenvalue weighted by molar-refractivity contribution is -0.132. The van der Waals surface area contributed by atoms with Crippen LogP contribution >= 0.6 is 0 Å². The van der Waals surface area contributed by atoms with Crippen LogP contribution in [-0.4, -0.2) is 51.2 Å². The molecular weight excluding hydrogens is 316 g/mol. The highest BCUT2D eigenvalue weighted by molar-refractivity contribution is 7.88. The van der Waals surface area contributed by atoms with E-state index >= 15 is 0 Å². The van der Waals surface area contributed by atoms with Crippen molar-refractivity contribution in [3.05, 3.63) is 29.8 Å². The van der Waals surface area contributed by atoms with Crippen LogP contribution in [0.2, 0.25) is 0 Å². The van der Waals surface area contributed by atoms with Gasteiger partial charge in [-0.1, -0.05) is 12.1 Å². The van der Waals surface area contributed by atoms with Gasteiger partial charge < -0.3 is 9.64 Å². The van der Waals surface area contributed by atoms with E-state index in [1.54, 1.807) is 7.11 Å². The summed E-state index contributed by atoms with van der Waals surface area (Å²) >= 11 is 0. The Morgan fingerprint density at radius 2 is 2.17 bits per heavy atom. The Kier molecular flexibility index (Phi) is 4.33. The molecule has 1 aliphatic heterocycles. The molecule has 1 N–H and O–H groups in total. The number of hydrogen-bond acceptors (Lipinski definition) is 4. The molecule has 2 bridgehead atoms. The molecule has 1 aliphatic carbocycles. The Morgan fingerprint density at radius 3 is 2.78 bits per heavy atom. The second-order valence-electron chi connectivity index (χ2n) is 6.46. The molecule has 2 aliphatic rings. The highest BCUT2D eigenvalue weighted by Crippen LogP contribution is 2.38. The first-order valence-corrected chi connectivity index (χ1v) is 9.64. The summed E-state index contributed by atoms with van der Waals surface area (Å²) in [5.41, 5.74) is 0.933. The van der Waals surface area contributed by atoms with Crippen LogP contribution in [0, 0.1) is 5.92 Å². The number of hydrogen-bond donors (Lipinski definition) is 1. The molecule has 1 amide bonds. The third-order valence-corrected chi connectivity index (χ3v) is 5.45. The van der Waals surface area contributed by atoms with E-state index in [9.17, 15) is 13.2 Å². The van der Waals surface area contributed by atoms with Crippen LogP contribution in [-0.2, 0) is 21.2 Å². The van der Waals surface area contributed by atoms with Crippen molar-refractivity contribution < 1.29 is 17.9 Å². The van der Waals surface area contributed by atoms with E-state index in [-0.39, 0.29) is 23.9 Å². The molecule has 1 aromatic rings. The van der Waals surface area contributed by atoms with Crippen LogP contribution in [0.25, 0.3) is 0 Å². The fourth-order valence-electron chi connectivity index (χ4n) is 3.74. The number of carbonyl (C=O) groups is 1. The van der Waals surface area contributed by atoms with Crippen molar-refractivity contribution >= 4 is 15.9 Å². The maximum Gasteiger partial charge on any atom is 0.227 e. The molecule has 3 unspecified atom stereocenters. The zero-order valence-electron chi connectivity index (χ0n) is 13.4. The first-order valence-electron chi connectivity index (χ1n) is 7.75. The summed E-state index contributed by atoms with van der Waals surface area (Å²) in [6.45, 7) is 0.640. The average Bonchev–Trinajstić information content (AvgIpc) is 3.05. The largest absolute Gasteiger partial charge is 0.497 e. The Morgan fingerprint density at radius 1 is 1.39 bits per heavy atom. The van der Waals surface area contributed by atoms with Crippen molar-refractivity contribution in [3.8, 4) is 5.75 Å². The quantitative estimate of drug-likeness (QED) is 0.861. The van der Waals surface area contributed by atoms with Gasteiger partial charge in [-0.2, -0.15) is 0 Å². The molecule has 6 nitrogen and oxygen atoms in total. The van der Waals surface area contributed by atoms with Crippen molar-refractivity contribution in [2.75, 3.05) is 19.9 Å². The predicted octanol–water partition coefficient (Wildman–Crippen LogP) is 0.776. The Labute approximate surface area is 136 Å². The van der Waals surface area contributed by atoms with Crippen LogP contribution in [0.5, 0.6) is 5.75 Å². The molecule has 2 fully saturated rings. The summed E-state index contributed by atoms with van der Waals surface area (Å²) in [6.07, 6.45) is 3.13. The van der Waals surface area contributed by atoms with Gasteiger partial charge in [-0.25, -0.2) is 13.1 Å². The minimum absolute atomic E-state index is 0.0316. The lowest BCUT2D eigenvalue weighted by Gasteiger charge is -2.31. The van der Waals surface area contributed by atoms with E-state index < -0.39 is 10.0 Å². The number of sulfonamides is 1. The molecule has 1 heterocycles. The SMILES string of the molecule is COc1cccc(CC(=O)N2CC3CC2CC3NS(C)(=O)=O)c1. The third-order valence-electron chi connectivity index (χ3n) is 4.72. The molecule has 1 saturated heterocycles. The van der Waals surface area contributed by atoms with Gasteiger partial charge >= 0.3 is 0 Å². The van der Waals surface area contributed by atoms with Gasteiger partial charge in [-0.3, -0.25) is 4.79 Å². The molecule has 3 atom stereocenters. The monoisotopic (exact) mass is 338 g/mol. The second-order valence-corrected chi connectivity index (χ2v) is 8.24. The van der Waals surface area contributed by atoms with Crippen LogP contribution in [0.15, 0.2) is 24.3 Å². The van der Waals surface area contributed by atoms with Crippen molar-refractivity contribution in [1.29, 1.82) is 0 Å². The van der Waals surface area contributed by atoms with E-state index in [2.05, 4.69) is 4.72 Å². The zero-order valence-corrected chi connectivity index (χ0v) is 14.2. The molecule has 3 rings (SSSR count). The minimum atomic E-state index is -3.19. The Hall–Kier alpha value is -1.60. The Balaban J connectivity index is 1.61. The number of likely N-dealkylation sites (tertiary alicyclic amines) is 1. The van der Waals surface area contributed by atoms with Crippen molar-refractivity contribution in [3.63, 3.8) is 0 Å². The first-order chi connectivity index (χ1) is 10.9. The second kappa shape index (κ2) is 6.13. The predicted molar refractivity (Wildman–Crippen MR) is 86.7 cm³/mol. The molecule has 1 saturated carbocycles. The van der Waals surface area contributed by atoms with E-state index in [0.717, 1.165) is 17.7 Å². The number of piperidine rings is 1. The maximum atomic E-state index is 12.5. The van der Waals surface area contributed by atoms with Gasteiger partial charge in [0.05, 0.1) is 19.8 Å². The van der Waals surface area contributed by atoms with Gasteiger partial charge in [0.15, 0.2) is 0 Å². The first kappa shape index (κ1) is 16.3. The summed E-state index contributed by atoms with van der Waals surface area (Å²) in [4.78, 5) is 14.4. The highest BCUT2D eigenvalue weighted by atomic mass is 32.2. The molecule has 0 radical (unpaired) electrons. The third kappa shape index (κ3) is 3.67. The van der Waals surface area contributed by atoms with Gasteiger partial charge in [0, 0.05) is 18.6 Å². The number of nitrogens with one attached hydrogen (secondary N) is 1. The molecule has 1 aromatic carbocycles. The summed E-state index contributed by atoms with van der Waals surface area (Å²) in [6, 6.07) is 7.65. The number of fused-ring (bicyclic) bond motifs is 2. The molecule has 0 spiro atoms. The maximum absolute atomic E-state index is 12.5. The van der Waals surface area contributed by atoms with Crippen LogP contribution in [0.4, 0.5) is 0 Å². The number of methoxy groups -OCH3 is 1. The van der Waals surface area contributed by atoms with E-state index in [4.69, 9.17) is 4.74 Å². The summed E-state index contributed by atoms with van der Waals surface area (Å²) in [5.74, 6) is 1.07. The van der Waals surface area contributed by atoms with Gasteiger partial charge in [0.2, 0.25) is 15.9 Å². The normalized spacial score (nSPS) is 26.5. The number of ether oxygens (including phenoxy) is 1. The highest BCUT2D eigenvalue weighted by Gasteiger charge is 2.46. The van der Waals surface area contributed by atoms with Crippen LogP contribution in [0.3, 0.4) is 0 Å². The molecular formula is C16H22N2O4S. The lowest BCUT2D eigenvalue weighted by Crippen LogP contribution is -2.47. The number of nitrogens with zero attached hydrogens (tertiary/aromatic N) is 1. The summed E-state index contributed by atoms with van der Waals surface area (Å²) < 4.78 is 30.6. The van der Waals surface area contributed by atoms with Crippen LogP contribution in [0.1, 0.15) is 18.4 Å². The van der Waals surface area contributed by atoms with Crippen molar-refractivity contribution in [1.82, 2.24) is 9.62 Å². The van der Waals surface area contributed by atoms with Crippen molar-refractivity contribution in [2.24, 2.45) is 5.92 Å². The molecule has 7 heteroatoms. The fraction of sp³-hybridized carbons (Fsp3) is 0.562. The lowest BCUT2D eigenvalue weighted by atomic mass is 10.0. The fourth-order valence-corrected chi connectivity index (χ4v) is 4.58. The number of carbonyl (C=O) groups excluding carboxylic acids is 1. The van der Waals surface area contributed by atoms with Crippen LogP contribution < -0.4 is 9.46 Å². The zero-order chi connectivity index (χ0) is 16.6. The Bertz CT molecular complexity index is 704. The standard InChI is InChI=1S/C16H22N2O4S/c1-22-14-5-3-4-11(6-14)7-16(19)18-10-12-8-13(18)9-15(12)17-23(2,20)21/h3-6,12-13,15,17H,7-10H2,1-2H3. The molecule has 0 aromatic heterocycles. The molecule has 126 valence electrons. The average molecular weight is 338 g/mol. The van der Waals surface area contributed by atoms with Gasteiger partial charge in [0.25, 0.3) is 0 Å². The number of benzene rings is 1. The minimum Gasteiger partial charge on any atom is -0.497 e. The van der Waals surface area contributed by atoms with Gasteiger partial charge in [0.1, 0.15) is 5.75 Å². The number of rotatable bonds is 5. The van der Waals surface area contributed by atoms with Gasteiger partial charge in [-0.05, 0) is 36.5 Å². The summed E-state index contributed by atoms with van der Waals surface area (Å²) in [5, 5.41) is 0. The number of amides is 1. The topological polar surface area (TPSA) is 75.7 Å². The van der Waals surface area contributed by atoms with Gasteiger partial charge in [-0.15, -0.1) is 0 Å². The van der Waals surface area contributed by atoms with Crippen molar-refractivity contribution in [2.45, 2.75) is 31.3 Å². The molecule has 23 heavy (non-hydrogen) atoms. The van der Waals surface area contributed by atoms with E-state index in [1.807, 2.05) is 29.2 Å². The smallest absolute Gasteiger partial charge is 0.227 e. The summed E-state index contributed by atoms with van der Waals surface area (Å²) in [7, 11) is -1.58. The van der Waals surface area contributed by atoms with E-state index in [0.29, 0.717) is 19.4 Å². The van der Waals surface area contributed by atoms with E-state index in [1.165, 1.54) is 6.26 Å².